The van der Waals surface area contributed by atoms with E-state index in [1.54, 1.807) is 6.07 Å². The van der Waals surface area contributed by atoms with Gasteiger partial charge in [-0.2, -0.15) is 0 Å². The number of phenolic OH excluding ortho intramolecular Hbond substituents is 1. The van der Waals surface area contributed by atoms with Crippen LogP contribution in [-0.2, 0) is 9.53 Å². The first-order chi connectivity index (χ1) is 11.4. The Morgan fingerprint density at radius 1 is 1.12 bits per heavy atom. The summed E-state index contributed by atoms with van der Waals surface area (Å²) < 4.78 is 5.44. The molecule has 0 aliphatic rings. The molecule has 2 aromatic carbocycles. The van der Waals surface area contributed by atoms with Gasteiger partial charge < -0.3 is 20.9 Å². The largest absolute Gasteiger partial charge is 0.507 e. The van der Waals surface area contributed by atoms with Crippen LogP contribution in [0.15, 0.2) is 46.9 Å². The third-order valence-corrected chi connectivity index (χ3v) is 3.46. The summed E-state index contributed by atoms with van der Waals surface area (Å²) in [6.07, 6.45) is 0. The minimum Gasteiger partial charge on any atom is -0.507 e. The Labute approximate surface area is 145 Å². The zero-order valence-corrected chi connectivity index (χ0v) is 13.9. The number of benzene rings is 2. The number of primary amides is 1. The standard InChI is InChI=1S/C16H13BrN2O5/c17-10-3-6-13(20)12(7-10)16(23)24-8-14(21)19-11-4-1-9(2-5-11)15(18)22/h1-7,20H,8H2,(H2,18,22)(H,19,21). The van der Waals surface area contributed by atoms with E-state index in [0.717, 1.165) is 0 Å². The molecule has 4 N–H and O–H groups in total. The predicted molar refractivity (Wildman–Crippen MR) is 89.7 cm³/mol. The van der Waals surface area contributed by atoms with Crippen LogP contribution < -0.4 is 11.1 Å². The molecule has 0 unspecified atom stereocenters. The van der Waals surface area contributed by atoms with Crippen molar-refractivity contribution >= 4 is 39.4 Å². The lowest BCUT2D eigenvalue weighted by Crippen LogP contribution is -2.21. The molecule has 0 aliphatic heterocycles. The topological polar surface area (TPSA) is 119 Å². The van der Waals surface area contributed by atoms with Crippen molar-refractivity contribution in [2.24, 2.45) is 5.73 Å². The van der Waals surface area contributed by atoms with Gasteiger partial charge in [0.2, 0.25) is 5.91 Å². The van der Waals surface area contributed by atoms with Gasteiger partial charge in [0.05, 0.1) is 0 Å². The Kier molecular flexibility index (Phi) is 5.54. The van der Waals surface area contributed by atoms with Gasteiger partial charge in [0.15, 0.2) is 6.61 Å². The van der Waals surface area contributed by atoms with E-state index in [-0.39, 0.29) is 11.3 Å². The van der Waals surface area contributed by atoms with Gasteiger partial charge in [0.25, 0.3) is 5.91 Å². The number of nitrogens with two attached hydrogens (primary N) is 1. The molecule has 7 nitrogen and oxygen atoms in total. The number of carbonyl (C=O) groups excluding carboxylic acids is 3. The Balaban J connectivity index is 1.92. The van der Waals surface area contributed by atoms with Crippen molar-refractivity contribution in [1.29, 1.82) is 0 Å². The average molecular weight is 393 g/mol. The van der Waals surface area contributed by atoms with Crippen molar-refractivity contribution in [2.45, 2.75) is 0 Å². The van der Waals surface area contributed by atoms with Gasteiger partial charge >= 0.3 is 5.97 Å². The smallest absolute Gasteiger partial charge is 0.342 e. The van der Waals surface area contributed by atoms with Gasteiger partial charge in [-0.15, -0.1) is 0 Å². The van der Waals surface area contributed by atoms with Crippen molar-refractivity contribution in [3.8, 4) is 5.75 Å². The number of esters is 1. The molecule has 0 bridgehead atoms. The van der Waals surface area contributed by atoms with E-state index in [4.69, 9.17) is 10.5 Å². The summed E-state index contributed by atoms with van der Waals surface area (Å²) in [5.74, 6) is -2.21. The van der Waals surface area contributed by atoms with Crippen LogP contribution in [0.5, 0.6) is 5.75 Å². The molecule has 24 heavy (non-hydrogen) atoms. The molecule has 124 valence electrons. The maximum absolute atomic E-state index is 11.9. The van der Waals surface area contributed by atoms with E-state index in [2.05, 4.69) is 21.2 Å². The van der Waals surface area contributed by atoms with Crippen LogP contribution >= 0.6 is 15.9 Å². The number of halogens is 1. The average Bonchev–Trinajstić information content (AvgIpc) is 2.55. The zero-order chi connectivity index (χ0) is 17.7. The Bertz CT molecular complexity index is 790. The van der Waals surface area contributed by atoms with Crippen molar-refractivity contribution in [2.75, 3.05) is 11.9 Å². The third kappa shape index (κ3) is 4.56. The highest BCUT2D eigenvalue weighted by Gasteiger charge is 2.15. The number of anilines is 1. The maximum atomic E-state index is 11.9. The van der Waals surface area contributed by atoms with Crippen LogP contribution in [0.2, 0.25) is 0 Å². The number of phenols is 1. The number of rotatable bonds is 5. The molecule has 0 saturated carbocycles. The van der Waals surface area contributed by atoms with Gasteiger partial charge in [0.1, 0.15) is 11.3 Å². The van der Waals surface area contributed by atoms with E-state index in [9.17, 15) is 19.5 Å². The second kappa shape index (κ2) is 7.60. The monoisotopic (exact) mass is 392 g/mol. The van der Waals surface area contributed by atoms with Crippen molar-refractivity contribution in [1.82, 2.24) is 0 Å². The third-order valence-electron chi connectivity index (χ3n) is 2.97. The van der Waals surface area contributed by atoms with Crippen molar-refractivity contribution in [3.63, 3.8) is 0 Å². The number of nitrogens with one attached hydrogen (secondary N) is 1. The molecule has 2 rings (SSSR count). The lowest BCUT2D eigenvalue weighted by Gasteiger charge is -2.08. The van der Waals surface area contributed by atoms with Gasteiger partial charge in [-0.05, 0) is 42.5 Å². The molecule has 0 aromatic heterocycles. The van der Waals surface area contributed by atoms with Crippen molar-refractivity contribution < 1.29 is 24.2 Å². The fraction of sp³-hybridized carbons (Fsp3) is 0.0625. The van der Waals surface area contributed by atoms with Crippen LogP contribution in [0.3, 0.4) is 0 Å². The Morgan fingerprint density at radius 2 is 1.79 bits per heavy atom. The summed E-state index contributed by atoms with van der Waals surface area (Å²) in [6, 6.07) is 10.2. The van der Waals surface area contributed by atoms with E-state index in [1.807, 2.05) is 0 Å². The van der Waals surface area contributed by atoms with E-state index in [1.165, 1.54) is 36.4 Å². The zero-order valence-electron chi connectivity index (χ0n) is 12.3. The molecular formula is C16H13BrN2O5. The first-order valence-electron chi connectivity index (χ1n) is 6.72. The molecule has 0 heterocycles. The summed E-state index contributed by atoms with van der Waals surface area (Å²) in [5.41, 5.74) is 5.80. The van der Waals surface area contributed by atoms with Crippen LogP contribution in [0, 0.1) is 0 Å². The molecule has 0 atom stereocenters. The Hall–Kier alpha value is -2.87. The van der Waals surface area contributed by atoms with Gasteiger partial charge in [-0.25, -0.2) is 4.79 Å². The maximum Gasteiger partial charge on any atom is 0.342 e. The highest BCUT2D eigenvalue weighted by molar-refractivity contribution is 9.10. The normalized spacial score (nSPS) is 10.0. The number of amides is 2. The van der Waals surface area contributed by atoms with Crippen LogP contribution in [0.4, 0.5) is 5.69 Å². The molecule has 0 radical (unpaired) electrons. The van der Waals surface area contributed by atoms with E-state index in [0.29, 0.717) is 15.7 Å². The number of hydrogen-bond acceptors (Lipinski definition) is 5. The number of aromatic hydroxyl groups is 1. The van der Waals surface area contributed by atoms with Crippen molar-refractivity contribution in [3.05, 3.63) is 58.1 Å². The summed E-state index contributed by atoms with van der Waals surface area (Å²) >= 11 is 3.17. The quantitative estimate of drug-likeness (QED) is 0.672. The van der Waals surface area contributed by atoms with Gasteiger partial charge in [-0.3, -0.25) is 9.59 Å². The lowest BCUT2D eigenvalue weighted by atomic mass is 10.2. The fourth-order valence-corrected chi connectivity index (χ4v) is 2.16. The van der Waals surface area contributed by atoms with E-state index >= 15 is 0 Å². The first kappa shape index (κ1) is 17.5. The minimum absolute atomic E-state index is 0.0528. The number of ether oxygens (including phenoxy) is 1. The minimum atomic E-state index is -0.826. The number of carbonyl (C=O) groups is 3. The number of hydrogen-bond donors (Lipinski definition) is 3. The van der Waals surface area contributed by atoms with Gasteiger partial charge in [-0.1, -0.05) is 15.9 Å². The summed E-state index contributed by atoms with van der Waals surface area (Å²) in [7, 11) is 0. The highest BCUT2D eigenvalue weighted by atomic mass is 79.9. The van der Waals surface area contributed by atoms with Crippen LogP contribution in [-0.4, -0.2) is 29.5 Å². The molecule has 2 aromatic rings. The predicted octanol–water partition coefficient (Wildman–Crippen LogP) is 2.05. The summed E-state index contributed by atoms with van der Waals surface area (Å²) in [5, 5.41) is 12.1. The molecule has 8 heteroatoms. The van der Waals surface area contributed by atoms with Gasteiger partial charge in [0, 0.05) is 15.7 Å². The van der Waals surface area contributed by atoms with E-state index < -0.39 is 24.4 Å². The molecule has 0 saturated heterocycles. The molecule has 0 fully saturated rings. The molecular weight excluding hydrogens is 380 g/mol. The molecule has 0 spiro atoms. The first-order valence-corrected chi connectivity index (χ1v) is 7.51. The second-order valence-electron chi connectivity index (χ2n) is 4.73. The molecule has 2 amide bonds. The Morgan fingerprint density at radius 3 is 2.42 bits per heavy atom. The molecule has 0 aliphatic carbocycles. The lowest BCUT2D eigenvalue weighted by molar-refractivity contribution is -0.119. The second-order valence-corrected chi connectivity index (χ2v) is 5.64. The van der Waals surface area contributed by atoms with Crippen LogP contribution in [0.25, 0.3) is 0 Å². The van der Waals surface area contributed by atoms with Crippen LogP contribution in [0.1, 0.15) is 20.7 Å². The fourth-order valence-electron chi connectivity index (χ4n) is 1.80. The summed E-state index contributed by atoms with van der Waals surface area (Å²) in [4.78, 5) is 34.6. The highest BCUT2D eigenvalue weighted by Crippen LogP contribution is 2.22. The SMILES string of the molecule is NC(=O)c1ccc(NC(=O)COC(=O)c2cc(Br)ccc2O)cc1. The summed E-state index contributed by atoms with van der Waals surface area (Å²) in [6.45, 7) is -0.525.